The molecule has 21 heavy (non-hydrogen) atoms. The Bertz CT molecular complexity index is 373. The summed E-state index contributed by atoms with van der Waals surface area (Å²) in [6, 6.07) is -0.907. The Hall–Kier alpha value is -1.04. The van der Waals surface area contributed by atoms with Gasteiger partial charge in [0.25, 0.3) is 0 Å². The highest BCUT2D eigenvalue weighted by molar-refractivity contribution is 6.18. The zero-order valence-corrected chi connectivity index (χ0v) is 12.0. The van der Waals surface area contributed by atoms with E-state index in [1.165, 1.54) is 7.05 Å². The largest absolute Gasteiger partial charge is 0.394 e. The molecule has 10 nitrogen and oxygen atoms in total. The van der Waals surface area contributed by atoms with E-state index in [-0.39, 0.29) is 12.4 Å². The molecule has 1 aliphatic heterocycles. The lowest BCUT2D eigenvalue weighted by Crippen LogP contribution is -2.64. The number of ether oxygens (including phenoxy) is 1. The first-order valence-corrected chi connectivity index (χ1v) is 6.66. The molecule has 1 heterocycles. The lowest BCUT2D eigenvalue weighted by atomic mass is 9.98. The van der Waals surface area contributed by atoms with E-state index < -0.39 is 43.3 Å². The van der Waals surface area contributed by atoms with Crippen LogP contribution < -0.4 is 0 Å². The fourth-order valence-electron chi connectivity index (χ4n) is 1.94. The molecule has 0 spiro atoms. The van der Waals surface area contributed by atoms with E-state index in [2.05, 4.69) is 5.29 Å². The number of likely N-dealkylation sites (N-methyl/N-ethyl adjacent to an activating group) is 1. The van der Waals surface area contributed by atoms with Crippen molar-refractivity contribution in [1.82, 2.24) is 9.91 Å². The van der Waals surface area contributed by atoms with Crippen molar-refractivity contribution in [3.05, 3.63) is 4.91 Å². The van der Waals surface area contributed by atoms with E-state index >= 15 is 0 Å². The van der Waals surface area contributed by atoms with Crippen LogP contribution in [-0.2, 0) is 4.74 Å². The van der Waals surface area contributed by atoms with Gasteiger partial charge >= 0.3 is 6.03 Å². The molecule has 0 aromatic heterocycles. The smallest absolute Gasteiger partial charge is 0.344 e. The summed E-state index contributed by atoms with van der Waals surface area (Å²) >= 11 is 5.43. The summed E-state index contributed by atoms with van der Waals surface area (Å²) < 4.78 is 5.18. The van der Waals surface area contributed by atoms with Gasteiger partial charge < -0.3 is 25.2 Å². The molecule has 5 atom stereocenters. The van der Waals surface area contributed by atoms with Crippen LogP contribution in [0.4, 0.5) is 4.79 Å². The normalized spacial score (nSPS) is 32.6. The molecule has 4 N–H and O–H groups in total. The number of carbonyl (C=O) groups is 1. The van der Waals surface area contributed by atoms with Crippen molar-refractivity contribution in [2.45, 2.75) is 30.6 Å². The first-order valence-electron chi connectivity index (χ1n) is 6.13. The van der Waals surface area contributed by atoms with Crippen molar-refractivity contribution in [3.8, 4) is 0 Å². The molecule has 1 rings (SSSR count). The highest BCUT2D eigenvalue weighted by Gasteiger charge is 2.46. The number of nitrogens with zero attached hydrogens (tertiary/aromatic N) is 3. The number of amides is 2. The van der Waals surface area contributed by atoms with Crippen molar-refractivity contribution in [2.75, 3.05) is 26.1 Å². The van der Waals surface area contributed by atoms with E-state index in [1.54, 1.807) is 0 Å². The zero-order chi connectivity index (χ0) is 16.2. The van der Waals surface area contributed by atoms with Crippen LogP contribution in [0.1, 0.15) is 0 Å². The fourth-order valence-corrected chi connectivity index (χ4v) is 2.10. The third-order valence-electron chi connectivity index (χ3n) is 3.17. The van der Waals surface area contributed by atoms with Crippen LogP contribution in [0.5, 0.6) is 0 Å². The predicted molar refractivity (Wildman–Crippen MR) is 70.1 cm³/mol. The van der Waals surface area contributed by atoms with Crippen molar-refractivity contribution in [3.63, 3.8) is 0 Å². The van der Waals surface area contributed by atoms with Gasteiger partial charge in [-0.1, -0.05) is 0 Å². The van der Waals surface area contributed by atoms with Gasteiger partial charge in [0.2, 0.25) is 0 Å². The monoisotopic (exact) mass is 327 g/mol. The van der Waals surface area contributed by atoms with Gasteiger partial charge in [0.15, 0.2) is 6.23 Å². The first-order chi connectivity index (χ1) is 9.88. The SMILES string of the molecule is CN(C(=O)N(CCCl)N=O)C1O[C@H](CO)[C@@H](O)[C@H](O)[C@H]1O. The Morgan fingerprint density at radius 3 is 2.38 bits per heavy atom. The summed E-state index contributed by atoms with van der Waals surface area (Å²) in [7, 11) is 1.21. The Morgan fingerprint density at radius 1 is 1.29 bits per heavy atom. The summed E-state index contributed by atoms with van der Waals surface area (Å²) in [5.41, 5.74) is 0. The molecule has 0 radical (unpaired) electrons. The van der Waals surface area contributed by atoms with Crippen LogP contribution in [-0.4, -0.2) is 93.1 Å². The number of nitroso groups, excluding NO2 is 1. The van der Waals surface area contributed by atoms with Crippen molar-refractivity contribution < 1.29 is 30.0 Å². The number of rotatable bonds is 5. The minimum absolute atomic E-state index is 0.0278. The summed E-state index contributed by atoms with van der Waals surface area (Å²) in [4.78, 5) is 23.4. The maximum atomic E-state index is 12.0. The Morgan fingerprint density at radius 2 is 1.90 bits per heavy atom. The second-order valence-electron chi connectivity index (χ2n) is 4.51. The van der Waals surface area contributed by atoms with E-state index in [9.17, 15) is 25.0 Å². The van der Waals surface area contributed by atoms with Gasteiger partial charge in [0, 0.05) is 12.9 Å². The van der Waals surface area contributed by atoms with Crippen LogP contribution in [0.25, 0.3) is 0 Å². The van der Waals surface area contributed by atoms with Gasteiger partial charge in [-0.15, -0.1) is 16.5 Å². The van der Waals surface area contributed by atoms with E-state index in [1.807, 2.05) is 0 Å². The quantitative estimate of drug-likeness (QED) is 0.261. The molecule has 1 aliphatic rings. The maximum Gasteiger partial charge on any atom is 0.344 e. The molecule has 1 fully saturated rings. The van der Waals surface area contributed by atoms with Crippen LogP contribution in [0.2, 0.25) is 0 Å². The van der Waals surface area contributed by atoms with Crippen molar-refractivity contribution in [2.24, 2.45) is 5.29 Å². The molecule has 0 bridgehead atoms. The van der Waals surface area contributed by atoms with E-state index in [0.717, 1.165) is 4.90 Å². The number of hydrogen-bond acceptors (Lipinski definition) is 8. The van der Waals surface area contributed by atoms with Crippen LogP contribution in [0, 0.1) is 4.91 Å². The van der Waals surface area contributed by atoms with E-state index in [0.29, 0.717) is 5.01 Å². The maximum absolute atomic E-state index is 12.0. The second kappa shape index (κ2) is 7.82. The van der Waals surface area contributed by atoms with Gasteiger partial charge in [-0.25, -0.2) is 4.79 Å². The summed E-state index contributed by atoms with van der Waals surface area (Å²) in [5, 5.41) is 41.2. The number of alkyl halides is 1. The number of aliphatic hydroxyl groups excluding tert-OH is 4. The third-order valence-corrected chi connectivity index (χ3v) is 3.34. The summed E-state index contributed by atoms with van der Waals surface area (Å²) in [6.45, 7) is -0.771. The van der Waals surface area contributed by atoms with Crippen LogP contribution >= 0.6 is 11.6 Å². The average Bonchev–Trinajstić information content (AvgIpc) is 2.49. The lowest BCUT2D eigenvalue weighted by molar-refractivity contribution is -0.255. The van der Waals surface area contributed by atoms with Gasteiger partial charge in [-0.05, 0) is 0 Å². The van der Waals surface area contributed by atoms with Gasteiger partial charge in [0.05, 0.1) is 18.4 Å². The minimum Gasteiger partial charge on any atom is -0.394 e. The van der Waals surface area contributed by atoms with Crippen molar-refractivity contribution in [1.29, 1.82) is 0 Å². The minimum atomic E-state index is -1.62. The molecule has 122 valence electrons. The number of hydrogen-bond donors (Lipinski definition) is 4. The highest BCUT2D eigenvalue weighted by atomic mass is 35.5. The number of carbonyl (C=O) groups excluding carboxylic acids is 1. The van der Waals surface area contributed by atoms with Gasteiger partial charge in [0.1, 0.15) is 24.4 Å². The Labute approximate surface area is 125 Å². The number of aliphatic hydroxyl groups is 4. The molecule has 1 unspecified atom stereocenters. The molecule has 0 aromatic rings. The fraction of sp³-hybridized carbons (Fsp3) is 0.900. The predicted octanol–water partition coefficient (Wildman–Crippen LogP) is -1.94. The third kappa shape index (κ3) is 3.78. The number of halogens is 1. The molecule has 0 aromatic carbocycles. The molecule has 1 saturated heterocycles. The van der Waals surface area contributed by atoms with Gasteiger partial charge in [-0.2, -0.15) is 5.01 Å². The zero-order valence-electron chi connectivity index (χ0n) is 11.2. The van der Waals surface area contributed by atoms with Crippen LogP contribution in [0.3, 0.4) is 0 Å². The standard InChI is InChI=1S/C10H18ClN3O7/c1-13(10(19)14(12-20)3-2-11)9-8(18)7(17)6(16)5(4-15)21-9/h5-9,15-18H,2-4H2,1H3/t5-,6-,7+,8-,9?/m1/s1. The summed E-state index contributed by atoms with van der Waals surface area (Å²) in [5.74, 6) is -0.0278. The highest BCUT2D eigenvalue weighted by Crippen LogP contribution is 2.23. The van der Waals surface area contributed by atoms with E-state index in [4.69, 9.17) is 21.4 Å². The Balaban J connectivity index is 2.86. The second-order valence-corrected chi connectivity index (χ2v) is 4.88. The van der Waals surface area contributed by atoms with Crippen LogP contribution in [0.15, 0.2) is 5.29 Å². The van der Waals surface area contributed by atoms with Gasteiger partial charge in [-0.3, -0.25) is 4.90 Å². The topological polar surface area (TPSA) is 143 Å². The molecular formula is C10H18ClN3O7. The van der Waals surface area contributed by atoms with Crippen molar-refractivity contribution >= 4 is 17.6 Å². The lowest BCUT2D eigenvalue weighted by Gasteiger charge is -2.43. The average molecular weight is 328 g/mol. The molecule has 2 amide bonds. The molecule has 0 saturated carbocycles. The number of urea groups is 1. The Kier molecular flexibility index (Phi) is 6.71. The molecule has 11 heteroatoms. The molecular weight excluding hydrogens is 310 g/mol. The first kappa shape index (κ1) is 18.0. The summed E-state index contributed by atoms with van der Waals surface area (Å²) in [6.07, 6.45) is -7.31. The molecule has 0 aliphatic carbocycles.